The highest BCUT2D eigenvalue weighted by molar-refractivity contribution is 5.87. The number of unbranched alkanes of at least 4 members (excludes halogenated alkanes) is 2. The Balaban J connectivity index is 2.39. The average Bonchev–Trinajstić information content (AvgIpc) is 2.29. The number of nitriles is 1. The van der Waals surface area contributed by atoms with E-state index < -0.39 is 5.97 Å². The van der Waals surface area contributed by atoms with Crippen LogP contribution in [0, 0.1) is 11.3 Å². The minimum atomic E-state index is -1.03. The number of aromatic carboxylic acids is 1. The van der Waals surface area contributed by atoms with Crippen molar-refractivity contribution in [2.75, 3.05) is 6.61 Å². The SMILES string of the molecule is N#CCCCCOc1cncc(C(=O)O)c1. The van der Waals surface area contributed by atoms with Crippen LogP contribution >= 0.6 is 0 Å². The summed E-state index contributed by atoms with van der Waals surface area (Å²) in [6.45, 7) is 0.465. The van der Waals surface area contributed by atoms with E-state index in [4.69, 9.17) is 15.1 Å². The van der Waals surface area contributed by atoms with Crippen LogP contribution in [0.3, 0.4) is 0 Å². The molecular formula is C11H12N2O3. The van der Waals surface area contributed by atoms with E-state index in [0.717, 1.165) is 12.8 Å². The summed E-state index contributed by atoms with van der Waals surface area (Å²) in [7, 11) is 0. The van der Waals surface area contributed by atoms with E-state index in [9.17, 15) is 4.79 Å². The molecule has 0 saturated heterocycles. The molecule has 0 aliphatic heterocycles. The Morgan fingerprint density at radius 2 is 2.31 bits per heavy atom. The smallest absolute Gasteiger partial charge is 0.337 e. The van der Waals surface area contributed by atoms with Crippen molar-refractivity contribution < 1.29 is 14.6 Å². The fourth-order valence-corrected chi connectivity index (χ4v) is 1.11. The molecule has 1 aromatic heterocycles. The highest BCUT2D eigenvalue weighted by Gasteiger charge is 2.04. The summed E-state index contributed by atoms with van der Waals surface area (Å²) in [6.07, 6.45) is 4.80. The molecule has 5 heteroatoms. The van der Waals surface area contributed by atoms with Crippen LogP contribution < -0.4 is 4.74 Å². The van der Waals surface area contributed by atoms with Gasteiger partial charge in [0.1, 0.15) is 5.75 Å². The van der Waals surface area contributed by atoms with Crippen LogP contribution in [0.15, 0.2) is 18.5 Å². The number of rotatable bonds is 6. The Bertz CT molecular complexity index is 398. The zero-order chi connectivity index (χ0) is 11.8. The zero-order valence-corrected chi connectivity index (χ0v) is 8.72. The molecule has 0 saturated carbocycles. The third-order valence-electron chi connectivity index (χ3n) is 1.91. The number of aromatic nitrogens is 1. The highest BCUT2D eigenvalue weighted by Crippen LogP contribution is 2.11. The lowest BCUT2D eigenvalue weighted by molar-refractivity contribution is 0.0696. The lowest BCUT2D eigenvalue weighted by atomic mass is 10.2. The molecule has 5 nitrogen and oxygen atoms in total. The van der Waals surface area contributed by atoms with Gasteiger partial charge in [0.25, 0.3) is 0 Å². The number of hydrogen-bond donors (Lipinski definition) is 1. The number of carboxylic acid groups (broad SMARTS) is 1. The van der Waals surface area contributed by atoms with Gasteiger partial charge in [-0.3, -0.25) is 4.98 Å². The molecule has 0 unspecified atom stereocenters. The number of hydrogen-bond acceptors (Lipinski definition) is 4. The van der Waals surface area contributed by atoms with Crippen molar-refractivity contribution in [3.05, 3.63) is 24.0 Å². The third-order valence-corrected chi connectivity index (χ3v) is 1.91. The molecule has 1 rings (SSSR count). The monoisotopic (exact) mass is 220 g/mol. The molecule has 0 atom stereocenters. The Kier molecular flexibility index (Phi) is 4.80. The van der Waals surface area contributed by atoms with Crippen molar-refractivity contribution in [1.29, 1.82) is 5.26 Å². The van der Waals surface area contributed by atoms with E-state index in [0.29, 0.717) is 18.8 Å². The van der Waals surface area contributed by atoms with Crippen molar-refractivity contribution in [2.45, 2.75) is 19.3 Å². The van der Waals surface area contributed by atoms with Crippen molar-refractivity contribution in [1.82, 2.24) is 4.98 Å². The molecule has 0 fully saturated rings. The van der Waals surface area contributed by atoms with Crippen molar-refractivity contribution in [3.8, 4) is 11.8 Å². The van der Waals surface area contributed by atoms with Gasteiger partial charge in [-0.2, -0.15) is 5.26 Å². The lowest BCUT2D eigenvalue weighted by Crippen LogP contribution is -2.01. The Labute approximate surface area is 93.3 Å². The highest BCUT2D eigenvalue weighted by atomic mass is 16.5. The molecule has 0 bridgehead atoms. The second-order valence-electron chi connectivity index (χ2n) is 3.18. The maximum absolute atomic E-state index is 10.6. The Morgan fingerprint density at radius 3 is 3.00 bits per heavy atom. The maximum Gasteiger partial charge on any atom is 0.337 e. The quantitative estimate of drug-likeness (QED) is 0.739. The van der Waals surface area contributed by atoms with E-state index in [2.05, 4.69) is 4.98 Å². The second-order valence-corrected chi connectivity index (χ2v) is 3.18. The molecule has 1 aromatic rings. The largest absolute Gasteiger partial charge is 0.492 e. The summed E-state index contributed by atoms with van der Waals surface area (Å²) < 4.78 is 5.31. The van der Waals surface area contributed by atoms with Crippen LogP contribution in [-0.4, -0.2) is 22.7 Å². The van der Waals surface area contributed by atoms with Crippen LogP contribution in [0.4, 0.5) is 0 Å². The van der Waals surface area contributed by atoms with Gasteiger partial charge in [0.2, 0.25) is 0 Å². The van der Waals surface area contributed by atoms with Crippen LogP contribution in [0.25, 0.3) is 0 Å². The molecule has 0 aliphatic rings. The van der Waals surface area contributed by atoms with Gasteiger partial charge in [-0.25, -0.2) is 4.79 Å². The van der Waals surface area contributed by atoms with Gasteiger partial charge >= 0.3 is 5.97 Å². The second kappa shape index (κ2) is 6.40. The summed E-state index contributed by atoms with van der Waals surface area (Å²) in [5.41, 5.74) is 0.106. The van der Waals surface area contributed by atoms with Crippen molar-refractivity contribution in [2.24, 2.45) is 0 Å². The maximum atomic E-state index is 10.6. The number of carbonyl (C=O) groups is 1. The lowest BCUT2D eigenvalue weighted by Gasteiger charge is -2.05. The van der Waals surface area contributed by atoms with Gasteiger partial charge in [0, 0.05) is 12.6 Å². The van der Waals surface area contributed by atoms with Gasteiger partial charge in [0.15, 0.2) is 0 Å². The first-order chi connectivity index (χ1) is 7.74. The topological polar surface area (TPSA) is 83.2 Å². The standard InChI is InChI=1S/C11H12N2O3/c12-4-2-1-3-5-16-10-6-9(11(14)15)7-13-8-10/h6-8H,1-3,5H2,(H,14,15). The summed E-state index contributed by atoms with van der Waals surface area (Å²) >= 11 is 0. The number of nitrogens with zero attached hydrogens (tertiary/aromatic N) is 2. The first-order valence-electron chi connectivity index (χ1n) is 4.92. The molecule has 0 radical (unpaired) electrons. The van der Waals surface area contributed by atoms with E-state index in [1.54, 1.807) is 0 Å². The summed E-state index contributed by atoms with van der Waals surface area (Å²) in [4.78, 5) is 14.4. The molecule has 0 aromatic carbocycles. The first kappa shape index (κ1) is 12.0. The van der Waals surface area contributed by atoms with Gasteiger partial charge in [0.05, 0.1) is 24.4 Å². The molecule has 0 spiro atoms. The predicted octanol–water partition coefficient (Wildman–Crippen LogP) is 1.85. The van der Waals surface area contributed by atoms with Crippen molar-refractivity contribution >= 4 is 5.97 Å². The zero-order valence-electron chi connectivity index (χ0n) is 8.72. The van der Waals surface area contributed by atoms with E-state index in [1.165, 1.54) is 18.5 Å². The molecular weight excluding hydrogens is 208 g/mol. The number of carboxylic acids is 1. The van der Waals surface area contributed by atoms with Gasteiger partial charge in [-0.1, -0.05) is 0 Å². The van der Waals surface area contributed by atoms with Crippen molar-refractivity contribution in [3.63, 3.8) is 0 Å². The minimum Gasteiger partial charge on any atom is -0.492 e. The molecule has 16 heavy (non-hydrogen) atoms. The molecule has 84 valence electrons. The van der Waals surface area contributed by atoms with Gasteiger partial charge < -0.3 is 9.84 Å². The first-order valence-corrected chi connectivity index (χ1v) is 4.92. The normalized spacial score (nSPS) is 9.44. The van der Waals surface area contributed by atoms with Crippen LogP contribution in [0.1, 0.15) is 29.6 Å². The van der Waals surface area contributed by atoms with E-state index >= 15 is 0 Å². The van der Waals surface area contributed by atoms with Gasteiger partial charge in [-0.05, 0) is 18.9 Å². The fourth-order valence-electron chi connectivity index (χ4n) is 1.11. The summed E-state index contributed by atoms with van der Waals surface area (Å²) in [6, 6.07) is 3.47. The molecule has 0 aliphatic carbocycles. The third kappa shape index (κ3) is 3.96. The minimum absolute atomic E-state index is 0.106. The summed E-state index contributed by atoms with van der Waals surface area (Å²) in [5, 5.41) is 17.0. The Morgan fingerprint density at radius 1 is 1.50 bits per heavy atom. The van der Waals surface area contributed by atoms with Crippen LogP contribution in [-0.2, 0) is 0 Å². The molecule has 1 heterocycles. The number of pyridine rings is 1. The van der Waals surface area contributed by atoms with Crippen LogP contribution in [0.2, 0.25) is 0 Å². The van der Waals surface area contributed by atoms with Gasteiger partial charge in [-0.15, -0.1) is 0 Å². The molecule has 0 amide bonds. The number of ether oxygens (including phenoxy) is 1. The van der Waals surface area contributed by atoms with E-state index in [-0.39, 0.29) is 5.56 Å². The fraction of sp³-hybridized carbons (Fsp3) is 0.364. The predicted molar refractivity (Wildman–Crippen MR) is 56.2 cm³/mol. The summed E-state index contributed by atoms with van der Waals surface area (Å²) in [5.74, 6) is -0.584. The van der Waals surface area contributed by atoms with E-state index in [1.807, 2.05) is 6.07 Å². The van der Waals surface area contributed by atoms with Crippen LogP contribution in [0.5, 0.6) is 5.75 Å². The Hall–Kier alpha value is -2.09. The molecule has 1 N–H and O–H groups in total. The average molecular weight is 220 g/mol.